The molecule has 4 nitrogen and oxygen atoms in total. The third-order valence-electron chi connectivity index (χ3n) is 3.43. The monoisotopic (exact) mass is 265 g/mol. The molecule has 2 atom stereocenters. The van der Waals surface area contributed by atoms with Crippen LogP contribution in [0.2, 0.25) is 0 Å². The number of nitrogens with zero attached hydrogens (tertiary/aromatic N) is 1. The van der Waals surface area contributed by atoms with E-state index in [4.69, 9.17) is 0 Å². The van der Waals surface area contributed by atoms with Crippen molar-refractivity contribution in [2.45, 2.75) is 25.4 Å². The molecule has 0 aromatic heterocycles. The van der Waals surface area contributed by atoms with Gasteiger partial charge in [-0.15, -0.1) is 0 Å². The van der Waals surface area contributed by atoms with Gasteiger partial charge in [0.15, 0.2) is 0 Å². The highest BCUT2D eigenvalue weighted by Crippen LogP contribution is 2.23. The van der Waals surface area contributed by atoms with Crippen LogP contribution in [0.1, 0.15) is 13.3 Å². The average Bonchev–Trinajstić information content (AvgIpc) is 2.51. The van der Waals surface area contributed by atoms with Crippen LogP contribution in [0, 0.1) is 5.82 Å². The number of hydrogen-bond donors (Lipinski definition) is 2. The second-order valence-corrected chi connectivity index (χ2v) is 4.92. The number of likely N-dealkylation sites (N-methyl/N-ethyl adjacent to an activating group) is 1. The number of rotatable bonds is 3. The number of halogens is 1. The quantitative estimate of drug-likeness (QED) is 0.861. The molecule has 0 aliphatic carbocycles. The molecule has 19 heavy (non-hydrogen) atoms. The number of carbonyl (C=O) groups is 1. The molecule has 1 fully saturated rings. The topological polar surface area (TPSA) is 44.4 Å². The molecule has 1 saturated heterocycles. The van der Waals surface area contributed by atoms with Crippen LogP contribution in [0.3, 0.4) is 0 Å². The molecule has 2 rings (SSSR count). The predicted molar refractivity (Wildman–Crippen MR) is 73.7 cm³/mol. The zero-order chi connectivity index (χ0) is 13.8. The molecule has 104 valence electrons. The van der Waals surface area contributed by atoms with Crippen molar-refractivity contribution >= 4 is 11.6 Å². The molecule has 2 unspecified atom stereocenters. The zero-order valence-corrected chi connectivity index (χ0v) is 11.3. The molecule has 0 bridgehead atoms. The lowest BCUT2D eigenvalue weighted by atomic mass is 10.1. The van der Waals surface area contributed by atoms with Gasteiger partial charge in [0.25, 0.3) is 0 Å². The molecule has 1 aliphatic heterocycles. The Morgan fingerprint density at radius 1 is 1.47 bits per heavy atom. The summed E-state index contributed by atoms with van der Waals surface area (Å²) < 4.78 is 14.0. The van der Waals surface area contributed by atoms with Crippen LogP contribution in [0.4, 0.5) is 10.1 Å². The van der Waals surface area contributed by atoms with E-state index < -0.39 is 0 Å². The van der Waals surface area contributed by atoms with Gasteiger partial charge in [-0.25, -0.2) is 4.39 Å². The lowest BCUT2D eigenvalue weighted by Crippen LogP contribution is -2.50. The molecular weight excluding hydrogens is 245 g/mol. The lowest BCUT2D eigenvalue weighted by Gasteiger charge is -2.30. The highest BCUT2D eigenvalue weighted by atomic mass is 19.1. The summed E-state index contributed by atoms with van der Waals surface area (Å²) >= 11 is 0. The number of hydrogen-bond acceptors (Lipinski definition) is 3. The Labute approximate surface area is 113 Å². The van der Waals surface area contributed by atoms with Gasteiger partial charge in [-0.2, -0.15) is 0 Å². The van der Waals surface area contributed by atoms with Gasteiger partial charge in [0.2, 0.25) is 5.91 Å². The molecule has 1 aromatic carbocycles. The standard InChI is InChI=1S/C14H20FN3O/c1-10-7-8-18(12-6-4-3-5-11(12)15)13(9-16-2)14(19)17-10/h3-6,10,13,16H,7-9H2,1-2H3,(H,17,19). The molecule has 5 heteroatoms. The van der Waals surface area contributed by atoms with E-state index in [9.17, 15) is 9.18 Å². The fraction of sp³-hybridized carbons (Fsp3) is 0.500. The number of anilines is 1. The summed E-state index contributed by atoms with van der Waals surface area (Å²) in [6, 6.07) is 6.34. The second kappa shape index (κ2) is 6.02. The van der Waals surface area contributed by atoms with E-state index in [0.717, 1.165) is 6.42 Å². The third-order valence-corrected chi connectivity index (χ3v) is 3.43. The molecule has 1 amide bonds. The van der Waals surface area contributed by atoms with E-state index in [-0.39, 0.29) is 23.8 Å². The summed E-state index contributed by atoms with van der Waals surface area (Å²) in [5, 5.41) is 5.96. The van der Waals surface area contributed by atoms with Crippen molar-refractivity contribution in [3.8, 4) is 0 Å². The number of carbonyl (C=O) groups excluding carboxylic acids is 1. The summed E-state index contributed by atoms with van der Waals surface area (Å²) in [7, 11) is 1.79. The zero-order valence-electron chi connectivity index (χ0n) is 11.3. The number of para-hydroxylation sites is 1. The Kier molecular flexibility index (Phi) is 4.37. The van der Waals surface area contributed by atoms with Crippen LogP contribution in [-0.4, -0.2) is 38.1 Å². The van der Waals surface area contributed by atoms with E-state index in [1.54, 1.807) is 25.2 Å². The molecule has 0 spiro atoms. The van der Waals surface area contributed by atoms with E-state index >= 15 is 0 Å². The summed E-state index contributed by atoms with van der Waals surface area (Å²) in [5.41, 5.74) is 0.493. The maximum absolute atomic E-state index is 14.0. The second-order valence-electron chi connectivity index (χ2n) is 4.92. The number of amides is 1. The first-order chi connectivity index (χ1) is 9.13. The first kappa shape index (κ1) is 13.8. The van der Waals surface area contributed by atoms with Gasteiger partial charge in [-0.05, 0) is 32.5 Å². The summed E-state index contributed by atoms with van der Waals surface area (Å²) in [6.45, 7) is 3.12. The maximum atomic E-state index is 14.0. The number of nitrogens with one attached hydrogen (secondary N) is 2. The van der Waals surface area contributed by atoms with Gasteiger partial charge >= 0.3 is 0 Å². The fourth-order valence-corrected chi connectivity index (χ4v) is 2.41. The first-order valence-corrected chi connectivity index (χ1v) is 6.59. The highest BCUT2D eigenvalue weighted by molar-refractivity contribution is 5.86. The molecule has 1 aromatic rings. The van der Waals surface area contributed by atoms with Gasteiger partial charge in [-0.3, -0.25) is 4.79 Å². The molecule has 0 saturated carbocycles. The van der Waals surface area contributed by atoms with Crippen molar-refractivity contribution in [2.24, 2.45) is 0 Å². The average molecular weight is 265 g/mol. The van der Waals surface area contributed by atoms with E-state index in [0.29, 0.717) is 18.8 Å². The van der Waals surface area contributed by atoms with Crippen LogP contribution in [0.5, 0.6) is 0 Å². The SMILES string of the molecule is CNCC1C(=O)NC(C)CCN1c1ccccc1F. The Balaban J connectivity index is 2.33. The van der Waals surface area contributed by atoms with Crippen LogP contribution in [0.15, 0.2) is 24.3 Å². The van der Waals surface area contributed by atoms with Crippen molar-refractivity contribution in [3.63, 3.8) is 0 Å². The lowest BCUT2D eigenvalue weighted by molar-refractivity contribution is -0.122. The van der Waals surface area contributed by atoms with Crippen LogP contribution in [0.25, 0.3) is 0 Å². The van der Waals surface area contributed by atoms with Gasteiger partial charge in [-0.1, -0.05) is 12.1 Å². The Hall–Kier alpha value is -1.62. The van der Waals surface area contributed by atoms with Gasteiger partial charge < -0.3 is 15.5 Å². The largest absolute Gasteiger partial charge is 0.356 e. The maximum Gasteiger partial charge on any atom is 0.244 e. The Bertz CT molecular complexity index is 452. The minimum atomic E-state index is -0.383. The summed E-state index contributed by atoms with van der Waals surface area (Å²) in [6.07, 6.45) is 0.806. The smallest absolute Gasteiger partial charge is 0.244 e. The summed E-state index contributed by atoms with van der Waals surface area (Å²) in [5.74, 6) is -0.339. The van der Waals surface area contributed by atoms with Crippen molar-refractivity contribution in [1.82, 2.24) is 10.6 Å². The van der Waals surface area contributed by atoms with Crippen molar-refractivity contribution in [2.75, 3.05) is 25.0 Å². The minimum Gasteiger partial charge on any atom is -0.356 e. The first-order valence-electron chi connectivity index (χ1n) is 6.59. The van der Waals surface area contributed by atoms with Crippen LogP contribution in [-0.2, 0) is 4.79 Å². The molecule has 0 radical (unpaired) electrons. The summed E-state index contributed by atoms with van der Waals surface area (Å²) in [4.78, 5) is 14.0. The molecule has 2 N–H and O–H groups in total. The van der Waals surface area contributed by atoms with Gasteiger partial charge in [0.05, 0.1) is 5.69 Å². The van der Waals surface area contributed by atoms with Crippen molar-refractivity contribution < 1.29 is 9.18 Å². The molecule has 1 heterocycles. The predicted octanol–water partition coefficient (Wildman–Crippen LogP) is 1.13. The van der Waals surface area contributed by atoms with Gasteiger partial charge in [0.1, 0.15) is 11.9 Å². The van der Waals surface area contributed by atoms with E-state index in [2.05, 4.69) is 10.6 Å². The van der Waals surface area contributed by atoms with Crippen LogP contribution >= 0.6 is 0 Å². The normalized spacial score (nSPS) is 23.9. The Morgan fingerprint density at radius 2 is 2.21 bits per heavy atom. The van der Waals surface area contributed by atoms with Crippen molar-refractivity contribution in [1.29, 1.82) is 0 Å². The number of benzene rings is 1. The fourth-order valence-electron chi connectivity index (χ4n) is 2.41. The van der Waals surface area contributed by atoms with Gasteiger partial charge in [0, 0.05) is 19.1 Å². The van der Waals surface area contributed by atoms with E-state index in [1.165, 1.54) is 6.07 Å². The molecule has 1 aliphatic rings. The van der Waals surface area contributed by atoms with E-state index in [1.807, 2.05) is 11.8 Å². The van der Waals surface area contributed by atoms with Crippen LogP contribution < -0.4 is 15.5 Å². The van der Waals surface area contributed by atoms with Crippen molar-refractivity contribution in [3.05, 3.63) is 30.1 Å². The third kappa shape index (κ3) is 3.04. The minimum absolute atomic E-state index is 0.0531. The Morgan fingerprint density at radius 3 is 2.89 bits per heavy atom. The highest BCUT2D eigenvalue weighted by Gasteiger charge is 2.31. The molecular formula is C14H20FN3O.